The van der Waals surface area contributed by atoms with Crippen molar-refractivity contribution < 1.29 is 31.1 Å². The highest BCUT2D eigenvalue weighted by Gasteiger charge is 2.33. The van der Waals surface area contributed by atoms with Gasteiger partial charge in [0.25, 0.3) is 0 Å². The molecule has 2 aromatic carbocycles. The van der Waals surface area contributed by atoms with Gasteiger partial charge in [-0.05, 0) is 59.2 Å². The van der Waals surface area contributed by atoms with E-state index in [1.165, 1.54) is 29.0 Å². The zero-order chi connectivity index (χ0) is 27.7. The van der Waals surface area contributed by atoms with Crippen molar-refractivity contribution >= 4 is 23.0 Å². The molecular weight excluding hydrogens is 522 g/mol. The minimum absolute atomic E-state index is 0.00819. The monoisotopic (exact) mass is 544 g/mol. The molecule has 0 spiro atoms. The summed E-state index contributed by atoms with van der Waals surface area (Å²) in [6, 6.07) is 9.03. The molecule has 4 aromatic rings. The van der Waals surface area contributed by atoms with Crippen LogP contribution in [0.15, 0.2) is 60.8 Å². The third-order valence-corrected chi connectivity index (χ3v) is 6.61. The van der Waals surface area contributed by atoms with Gasteiger partial charge in [-0.1, -0.05) is 18.2 Å². The Morgan fingerprint density at radius 3 is 2.59 bits per heavy atom. The van der Waals surface area contributed by atoms with Crippen LogP contribution in [-0.2, 0) is 25.7 Å². The molecule has 0 unspecified atom stereocenters. The van der Waals surface area contributed by atoms with Crippen molar-refractivity contribution in [1.29, 1.82) is 0 Å². The quantitative estimate of drug-likeness (QED) is 0.237. The number of benzene rings is 2. The number of fused-ring (bicyclic) bond motifs is 3. The molecule has 0 saturated heterocycles. The van der Waals surface area contributed by atoms with E-state index in [0.717, 1.165) is 24.3 Å². The van der Waals surface area contributed by atoms with Crippen LogP contribution < -0.4 is 5.32 Å². The van der Waals surface area contributed by atoms with Gasteiger partial charge in [-0.15, -0.1) is 0 Å². The third kappa shape index (κ3) is 5.68. The predicted molar refractivity (Wildman–Crippen MR) is 133 cm³/mol. The van der Waals surface area contributed by atoms with E-state index >= 15 is 0 Å². The van der Waals surface area contributed by atoms with Gasteiger partial charge in [0.2, 0.25) is 5.95 Å². The summed E-state index contributed by atoms with van der Waals surface area (Å²) in [4.78, 5) is 18.7. The Bertz CT molecular complexity index is 1580. The molecule has 2 aromatic heterocycles. The smallest absolute Gasteiger partial charge is 0.333 e. The van der Waals surface area contributed by atoms with E-state index < -0.39 is 35.4 Å². The fourth-order valence-electron chi connectivity index (χ4n) is 4.74. The number of carbonyl (C=O) groups excluding carboxylic acids is 1. The van der Waals surface area contributed by atoms with Crippen LogP contribution in [0.2, 0.25) is 0 Å². The lowest BCUT2D eigenvalue weighted by Crippen LogP contribution is -2.34. The minimum Gasteiger partial charge on any atom is -0.333 e. The molecule has 1 amide bonds. The van der Waals surface area contributed by atoms with Gasteiger partial charge in [0.05, 0.1) is 11.1 Å². The Kier molecular flexibility index (Phi) is 7.17. The molecule has 1 N–H and O–H groups in total. The van der Waals surface area contributed by atoms with Gasteiger partial charge < -0.3 is 5.32 Å². The number of amides is 1. The molecule has 1 aliphatic rings. The first-order chi connectivity index (χ1) is 18.6. The molecule has 0 saturated carbocycles. The fraction of sp³-hybridized carbons (Fsp3) is 0.214. The van der Waals surface area contributed by atoms with Crippen molar-refractivity contribution in [3.8, 4) is 0 Å². The SMILES string of the molecule is O=C(NCc1ccnc(F)c1)n1c2c(c3cc(C(F)(F)F)ccc31)CN(CC=Cc1ccc(F)c(F)c1)CC2. The lowest BCUT2D eigenvalue weighted by atomic mass is 10.0. The first-order valence-corrected chi connectivity index (χ1v) is 12.1. The number of alkyl halides is 3. The number of nitrogens with one attached hydrogen (secondary N) is 1. The second kappa shape index (κ2) is 10.6. The van der Waals surface area contributed by atoms with E-state index in [4.69, 9.17) is 0 Å². The van der Waals surface area contributed by atoms with Gasteiger partial charge in [-0.25, -0.2) is 18.6 Å². The van der Waals surface area contributed by atoms with Crippen molar-refractivity contribution in [3.63, 3.8) is 0 Å². The van der Waals surface area contributed by atoms with Crippen LogP contribution >= 0.6 is 0 Å². The number of hydrogen-bond donors (Lipinski definition) is 1. The molecule has 1 aliphatic heterocycles. The predicted octanol–water partition coefficient (Wildman–Crippen LogP) is 6.30. The largest absolute Gasteiger partial charge is 0.416 e. The van der Waals surface area contributed by atoms with Gasteiger partial charge in [0.1, 0.15) is 0 Å². The summed E-state index contributed by atoms with van der Waals surface area (Å²) in [7, 11) is 0. The standard InChI is InChI=1S/C28H22F6N4O/c29-22-5-3-17(12-23(22)30)2-1-10-37-11-8-25-21(16-37)20-14-19(28(32,33)34)4-6-24(20)38(25)27(39)36-15-18-7-9-35-26(31)13-18/h1-7,9,12-14H,8,10-11,15-16H2,(H,36,39). The molecule has 0 radical (unpaired) electrons. The zero-order valence-electron chi connectivity index (χ0n) is 20.4. The normalized spacial score (nSPS) is 14.2. The van der Waals surface area contributed by atoms with E-state index in [2.05, 4.69) is 10.3 Å². The highest BCUT2D eigenvalue weighted by molar-refractivity contribution is 5.96. The van der Waals surface area contributed by atoms with Crippen LogP contribution in [0.4, 0.5) is 31.1 Å². The third-order valence-electron chi connectivity index (χ3n) is 6.61. The summed E-state index contributed by atoms with van der Waals surface area (Å²) >= 11 is 0. The van der Waals surface area contributed by atoms with E-state index in [1.807, 2.05) is 4.90 Å². The van der Waals surface area contributed by atoms with Crippen LogP contribution in [0.25, 0.3) is 17.0 Å². The minimum atomic E-state index is -4.56. The molecular formula is C28H22F6N4O. The molecule has 39 heavy (non-hydrogen) atoms. The van der Waals surface area contributed by atoms with Gasteiger partial charge >= 0.3 is 12.2 Å². The van der Waals surface area contributed by atoms with Gasteiger partial charge in [-0.3, -0.25) is 9.47 Å². The first-order valence-electron chi connectivity index (χ1n) is 12.1. The zero-order valence-corrected chi connectivity index (χ0v) is 20.4. The molecule has 0 bridgehead atoms. The Morgan fingerprint density at radius 1 is 1.03 bits per heavy atom. The van der Waals surface area contributed by atoms with Crippen molar-refractivity contribution in [2.75, 3.05) is 13.1 Å². The topological polar surface area (TPSA) is 50.2 Å². The second-order valence-corrected chi connectivity index (χ2v) is 9.20. The molecule has 11 heteroatoms. The average Bonchev–Trinajstić information content (AvgIpc) is 3.22. The Hall–Kier alpha value is -4.12. The van der Waals surface area contributed by atoms with Crippen LogP contribution in [0.5, 0.6) is 0 Å². The average molecular weight is 544 g/mol. The summed E-state index contributed by atoms with van der Waals surface area (Å²) in [5.74, 6) is -2.59. The van der Waals surface area contributed by atoms with E-state index in [-0.39, 0.29) is 13.1 Å². The summed E-state index contributed by atoms with van der Waals surface area (Å²) < 4.78 is 82.0. The first kappa shape index (κ1) is 26.5. The Labute approximate surface area is 219 Å². The van der Waals surface area contributed by atoms with Crippen LogP contribution in [-0.4, -0.2) is 33.6 Å². The maximum atomic E-state index is 13.5. The summed E-state index contributed by atoms with van der Waals surface area (Å²) in [6.45, 7) is 1.21. The number of nitrogens with zero attached hydrogens (tertiary/aromatic N) is 3. The number of aromatic nitrogens is 2. The summed E-state index contributed by atoms with van der Waals surface area (Å²) in [6.07, 6.45) is 0.509. The Morgan fingerprint density at radius 2 is 1.85 bits per heavy atom. The van der Waals surface area contributed by atoms with Crippen molar-refractivity contribution in [2.45, 2.75) is 25.7 Å². The fourth-order valence-corrected chi connectivity index (χ4v) is 4.74. The second-order valence-electron chi connectivity index (χ2n) is 9.20. The van der Waals surface area contributed by atoms with Crippen LogP contribution in [0, 0.1) is 17.6 Å². The van der Waals surface area contributed by atoms with Gasteiger partial charge in [0.15, 0.2) is 11.6 Å². The molecule has 3 heterocycles. The summed E-state index contributed by atoms with van der Waals surface area (Å²) in [5, 5.41) is 3.03. The van der Waals surface area contributed by atoms with E-state index in [9.17, 15) is 31.1 Å². The number of pyridine rings is 1. The van der Waals surface area contributed by atoms with E-state index in [1.54, 1.807) is 18.2 Å². The molecule has 5 rings (SSSR count). The van der Waals surface area contributed by atoms with Crippen molar-refractivity contribution in [1.82, 2.24) is 19.8 Å². The number of halogens is 6. The molecule has 202 valence electrons. The van der Waals surface area contributed by atoms with Crippen molar-refractivity contribution in [3.05, 3.63) is 106 Å². The highest BCUT2D eigenvalue weighted by Crippen LogP contribution is 2.36. The maximum Gasteiger partial charge on any atom is 0.416 e. The van der Waals surface area contributed by atoms with Gasteiger partial charge in [0, 0.05) is 49.9 Å². The molecule has 0 fully saturated rings. The highest BCUT2D eigenvalue weighted by atomic mass is 19.4. The number of hydrogen-bond acceptors (Lipinski definition) is 3. The van der Waals surface area contributed by atoms with Crippen molar-refractivity contribution in [2.24, 2.45) is 0 Å². The lowest BCUT2D eigenvalue weighted by Gasteiger charge is -2.27. The summed E-state index contributed by atoms with van der Waals surface area (Å²) in [5.41, 5.74) is 1.68. The van der Waals surface area contributed by atoms with E-state index in [0.29, 0.717) is 52.8 Å². The van der Waals surface area contributed by atoms with Crippen LogP contribution in [0.1, 0.15) is 27.9 Å². The number of carbonyl (C=O) groups is 1. The van der Waals surface area contributed by atoms with Crippen LogP contribution in [0.3, 0.4) is 0 Å². The van der Waals surface area contributed by atoms with Gasteiger partial charge in [-0.2, -0.15) is 17.6 Å². The maximum absolute atomic E-state index is 13.5. The number of rotatable bonds is 5. The Balaban J connectivity index is 1.42. The molecule has 5 nitrogen and oxygen atoms in total. The molecule has 0 atom stereocenters. The lowest BCUT2D eigenvalue weighted by molar-refractivity contribution is -0.137. The molecule has 0 aliphatic carbocycles.